The van der Waals surface area contributed by atoms with Gasteiger partial charge in [0.1, 0.15) is 0 Å². The van der Waals surface area contributed by atoms with Crippen molar-refractivity contribution in [2.45, 2.75) is 25.3 Å². The molecule has 2 aliphatic heterocycles. The number of piperidine rings is 2. The highest BCUT2D eigenvalue weighted by Crippen LogP contribution is 2.32. The first-order valence-electron chi connectivity index (χ1n) is 4.09. The van der Waals surface area contributed by atoms with Gasteiger partial charge in [0.2, 0.25) is 0 Å². The van der Waals surface area contributed by atoms with E-state index in [1.807, 2.05) is 0 Å². The molecule has 3 unspecified atom stereocenters. The molecule has 2 heteroatoms. The van der Waals surface area contributed by atoms with Gasteiger partial charge < -0.3 is 5.32 Å². The molecule has 62 valence electrons. The van der Waals surface area contributed by atoms with Crippen LogP contribution in [0.5, 0.6) is 0 Å². The van der Waals surface area contributed by atoms with Crippen molar-refractivity contribution >= 4 is 12.4 Å². The van der Waals surface area contributed by atoms with Crippen molar-refractivity contribution in [1.82, 2.24) is 5.32 Å². The largest absolute Gasteiger partial charge is 0.312 e. The number of hydrogen-bond acceptors (Lipinski definition) is 1. The molecule has 3 rings (SSSR count). The van der Waals surface area contributed by atoms with Crippen LogP contribution in [-0.2, 0) is 0 Å². The van der Waals surface area contributed by atoms with Crippen LogP contribution in [-0.4, -0.2) is 12.6 Å². The van der Waals surface area contributed by atoms with Gasteiger partial charge in [0.15, 0.2) is 0 Å². The lowest BCUT2D eigenvalue weighted by atomic mass is 9.74. The molecular weight excluding hydrogens is 158 g/mol. The Morgan fingerprint density at radius 2 is 2.18 bits per heavy atom. The van der Waals surface area contributed by atoms with Gasteiger partial charge in [0, 0.05) is 12.0 Å². The van der Waals surface area contributed by atoms with Crippen molar-refractivity contribution in [3.63, 3.8) is 0 Å². The maximum absolute atomic E-state index is 5.40. The summed E-state index contributed by atoms with van der Waals surface area (Å²) in [6.45, 7) is 1.21. The third-order valence-electron chi connectivity index (χ3n) is 2.84. The van der Waals surface area contributed by atoms with E-state index in [1.165, 1.54) is 25.8 Å². The van der Waals surface area contributed by atoms with Crippen molar-refractivity contribution in [3.05, 3.63) is 0 Å². The fourth-order valence-corrected chi connectivity index (χ4v) is 2.19. The summed E-state index contributed by atoms with van der Waals surface area (Å²) in [5.41, 5.74) is 0. The molecule has 0 aromatic carbocycles. The Morgan fingerprint density at radius 1 is 1.36 bits per heavy atom. The van der Waals surface area contributed by atoms with Gasteiger partial charge in [-0.3, -0.25) is 0 Å². The average Bonchev–Trinajstić information content (AvgIpc) is 2.06. The molecule has 3 fully saturated rings. The quantitative estimate of drug-likeness (QED) is 0.544. The number of fused-ring (bicyclic) bond motifs is 3. The van der Waals surface area contributed by atoms with Crippen LogP contribution in [0.4, 0.5) is 0 Å². The topological polar surface area (TPSA) is 12.0 Å². The zero-order valence-electron chi connectivity index (χ0n) is 6.55. The van der Waals surface area contributed by atoms with E-state index in [9.17, 15) is 0 Å². The highest BCUT2D eigenvalue weighted by atomic mass is 35.5. The lowest BCUT2D eigenvalue weighted by Gasteiger charge is -2.40. The normalized spacial score (nSPS) is 40.8. The van der Waals surface area contributed by atoms with Gasteiger partial charge in [-0.2, -0.15) is 0 Å². The molecule has 1 saturated carbocycles. The molecule has 2 bridgehead atoms. The van der Waals surface area contributed by atoms with Gasteiger partial charge in [-0.15, -0.1) is 24.8 Å². The molecule has 0 spiro atoms. The molecule has 3 atom stereocenters. The molecule has 0 aromatic rings. The van der Waals surface area contributed by atoms with Crippen molar-refractivity contribution in [2.24, 2.45) is 11.8 Å². The molecule has 0 radical (unpaired) electrons. The van der Waals surface area contributed by atoms with Gasteiger partial charge in [0.05, 0.1) is 0 Å². The Kier molecular flexibility index (Phi) is 2.81. The van der Waals surface area contributed by atoms with Crippen LogP contribution in [0.3, 0.4) is 0 Å². The Hall–Kier alpha value is -0.190. The molecule has 1 aliphatic carbocycles. The van der Waals surface area contributed by atoms with Gasteiger partial charge in [0.25, 0.3) is 0 Å². The standard InChI is InChI=1S/C9H13N.ClH/c1-2-8-5-7-3-4-9(8)10-6-7;/h1,7-10H,3-6H2;1H. The minimum Gasteiger partial charge on any atom is -0.312 e. The summed E-state index contributed by atoms with van der Waals surface area (Å²) in [6, 6.07) is 0.648. The Morgan fingerprint density at radius 3 is 2.45 bits per heavy atom. The Labute approximate surface area is 74.3 Å². The summed E-state index contributed by atoms with van der Waals surface area (Å²) in [7, 11) is 0. The lowest BCUT2D eigenvalue weighted by Crippen LogP contribution is -2.49. The Bertz CT molecular complexity index is 165. The highest BCUT2D eigenvalue weighted by molar-refractivity contribution is 5.85. The minimum atomic E-state index is 0. The molecule has 11 heavy (non-hydrogen) atoms. The van der Waals surface area contributed by atoms with E-state index in [0.717, 1.165) is 5.92 Å². The first kappa shape index (κ1) is 8.90. The van der Waals surface area contributed by atoms with Crippen LogP contribution in [0, 0.1) is 24.2 Å². The molecule has 1 nitrogen and oxygen atoms in total. The molecule has 0 amide bonds. The molecule has 2 heterocycles. The number of terminal acetylenes is 1. The molecule has 0 aromatic heterocycles. The predicted octanol–water partition coefficient (Wildman–Crippen LogP) is 1.43. The fraction of sp³-hybridized carbons (Fsp3) is 0.778. The zero-order chi connectivity index (χ0) is 6.97. The molecular formula is C9H14ClN. The second kappa shape index (κ2) is 3.47. The lowest BCUT2D eigenvalue weighted by molar-refractivity contribution is 0.172. The highest BCUT2D eigenvalue weighted by Gasteiger charge is 2.33. The fourth-order valence-electron chi connectivity index (χ4n) is 2.19. The molecule has 3 aliphatic rings. The van der Waals surface area contributed by atoms with Crippen LogP contribution in [0.15, 0.2) is 0 Å². The third-order valence-corrected chi connectivity index (χ3v) is 2.84. The number of nitrogens with one attached hydrogen (secondary N) is 1. The van der Waals surface area contributed by atoms with Crippen LogP contribution in [0.1, 0.15) is 19.3 Å². The monoisotopic (exact) mass is 171 g/mol. The Balaban J connectivity index is 0.000000605. The number of hydrogen-bond donors (Lipinski definition) is 1. The second-order valence-corrected chi connectivity index (χ2v) is 3.47. The summed E-state index contributed by atoms with van der Waals surface area (Å²) in [5.74, 6) is 4.29. The van der Waals surface area contributed by atoms with Crippen LogP contribution in [0.25, 0.3) is 0 Å². The smallest absolute Gasteiger partial charge is 0.0356 e. The molecule has 2 saturated heterocycles. The zero-order valence-corrected chi connectivity index (χ0v) is 7.36. The van der Waals surface area contributed by atoms with Gasteiger partial charge >= 0.3 is 0 Å². The minimum absolute atomic E-state index is 0. The van der Waals surface area contributed by atoms with Gasteiger partial charge in [-0.05, 0) is 31.7 Å². The first-order chi connectivity index (χ1) is 4.90. The van der Waals surface area contributed by atoms with Crippen molar-refractivity contribution in [2.75, 3.05) is 6.54 Å². The summed E-state index contributed by atoms with van der Waals surface area (Å²) < 4.78 is 0. The van der Waals surface area contributed by atoms with Crippen molar-refractivity contribution in [3.8, 4) is 12.3 Å². The third kappa shape index (κ3) is 1.52. The van der Waals surface area contributed by atoms with E-state index in [4.69, 9.17) is 6.42 Å². The summed E-state index contributed by atoms with van der Waals surface area (Å²) in [6.07, 6.45) is 9.38. The van der Waals surface area contributed by atoms with E-state index in [0.29, 0.717) is 12.0 Å². The van der Waals surface area contributed by atoms with Gasteiger partial charge in [-0.1, -0.05) is 0 Å². The SMILES string of the molecule is C#CC1CC2CCC1NC2.Cl. The maximum atomic E-state index is 5.40. The van der Waals surface area contributed by atoms with Crippen molar-refractivity contribution < 1.29 is 0 Å². The van der Waals surface area contributed by atoms with Crippen molar-refractivity contribution in [1.29, 1.82) is 0 Å². The molecule has 1 N–H and O–H groups in total. The van der Waals surface area contributed by atoms with E-state index in [1.54, 1.807) is 0 Å². The average molecular weight is 172 g/mol. The number of rotatable bonds is 0. The van der Waals surface area contributed by atoms with E-state index < -0.39 is 0 Å². The van der Waals surface area contributed by atoms with Crippen LogP contribution in [0.2, 0.25) is 0 Å². The maximum Gasteiger partial charge on any atom is 0.0356 e. The van der Waals surface area contributed by atoms with E-state index in [-0.39, 0.29) is 12.4 Å². The van der Waals surface area contributed by atoms with Crippen LogP contribution < -0.4 is 5.32 Å². The summed E-state index contributed by atoms with van der Waals surface area (Å²) in [5, 5.41) is 3.48. The van der Waals surface area contributed by atoms with Crippen LogP contribution >= 0.6 is 12.4 Å². The van der Waals surface area contributed by atoms with E-state index >= 15 is 0 Å². The summed E-state index contributed by atoms with van der Waals surface area (Å²) in [4.78, 5) is 0. The second-order valence-electron chi connectivity index (χ2n) is 3.47. The predicted molar refractivity (Wildman–Crippen MR) is 48.7 cm³/mol. The van der Waals surface area contributed by atoms with Gasteiger partial charge in [-0.25, -0.2) is 0 Å². The summed E-state index contributed by atoms with van der Waals surface area (Å²) >= 11 is 0. The first-order valence-corrected chi connectivity index (χ1v) is 4.09. The van der Waals surface area contributed by atoms with E-state index in [2.05, 4.69) is 11.2 Å². The number of halogens is 1.